The number of halogens is 2. The molecule has 0 atom stereocenters. The summed E-state index contributed by atoms with van der Waals surface area (Å²) in [7, 11) is 1.01. The summed E-state index contributed by atoms with van der Waals surface area (Å²) in [5.74, 6) is -1.47. The highest BCUT2D eigenvalue weighted by Crippen LogP contribution is 2.28. The van der Waals surface area contributed by atoms with Crippen molar-refractivity contribution in [1.82, 2.24) is 10.2 Å². The average molecular weight is 567 g/mol. The normalized spacial score (nSPS) is 25.6. The van der Waals surface area contributed by atoms with Gasteiger partial charge in [0, 0.05) is 67.6 Å². The van der Waals surface area contributed by atoms with Crippen LogP contribution in [0.3, 0.4) is 0 Å². The van der Waals surface area contributed by atoms with Gasteiger partial charge in [0.25, 0.3) is 5.91 Å². The molecule has 6 nitrogen and oxygen atoms in total. The van der Waals surface area contributed by atoms with E-state index in [4.69, 9.17) is 15.7 Å². The maximum atomic E-state index is 13.9. The molecule has 41 heavy (non-hydrogen) atoms. The van der Waals surface area contributed by atoms with Gasteiger partial charge in [0.1, 0.15) is 17.5 Å². The first-order valence-corrected chi connectivity index (χ1v) is 13.6. The quantitative estimate of drug-likeness (QED) is 0.458. The number of ether oxygens (including phenoxy) is 1. The molecule has 0 saturated carbocycles. The summed E-state index contributed by atoms with van der Waals surface area (Å²) in [5.41, 5.74) is 3.28. The van der Waals surface area contributed by atoms with Crippen LogP contribution in [0.15, 0.2) is 59.6 Å². The lowest BCUT2D eigenvalue weighted by atomic mass is 9.89. The van der Waals surface area contributed by atoms with Crippen LogP contribution in [0.5, 0.6) is 0 Å². The lowest BCUT2D eigenvalue weighted by molar-refractivity contribution is 0.0664. The fourth-order valence-electron chi connectivity index (χ4n) is 5.38. The molecule has 3 aromatic carbocycles. The highest BCUT2D eigenvalue weighted by molar-refractivity contribution is 6.14. The Morgan fingerprint density at radius 1 is 1.00 bits per heavy atom. The zero-order valence-electron chi connectivity index (χ0n) is 30.6. The second-order valence-corrected chi connectivity index (χ2v) is 10.5. The van der Waals surface area contributed by atoms with Gasteiger partial charge in [-0.3, -0.25) is 9.79 Å². The molecule has 8 heteroatoms. The van der Waals surface area contributed by atoms with Gasteiger partial charge in [-0.15, -0.1) is 0 Å². The Labute approximate surface area is 251 Å². The first kappa shape index (κ1) is 19.5. The van der Waals surface area contributed by atoms with Crippen molar-refractivity contribution in [3.05, 3.63) is 99.6 Å². The Bertz CT molecular complexity index is 1770. The van der Waals surface area contributed by atoms with Crippen LogP contribution in [0, 0.1) is 17.6 Å². The molecule has 0 spiro atoms. The number of rotatable bonds is 6. The van der Waals surface area contributed by atoms with Crippen molar-refractivity contribution in [2.75, 3.05) is 51.1 Å². The third-order valence-electron chi connectivity index (χ3n) is 7.50. The summed E-state index contributed by atoms with van der Waals surface area (Å²) in [5, 5.41) is 2.88. The van der Waals surface area contributed by atoms with E-state index in [2.05, 4.69) is 10.3 Å². The molecule has 1 N–H and O–H groups in total. The van der Waals surface area contributed by atoms with E-state index in [9.17, 15) is 13.6 Å². The zero-order chi connectivity index (χ0) is 35.5. The lowest BCUT2D eigenvalue weighted by Crippen LogP contribution is -2.44. The Morgan fingerprint density at radius 3 is 2.51 bits per heavy atom. The van der Waals surface area contributed by atoms with Gasteiger partial charge < -0.3 is 19.9 Å². The third kappa shape index (κ3) is 6.49. The average Bonchev–Trinajstić information content (AvgIpc) is 3.41. The highest BCUT2D eigenvalue weighted by Gasteiger charge is 2.24. The minimum Gasteiger partial charge on any atom is -0.381 e. The monoisotopic (exact) mass is 566 g/mol. The summed E-state index contributed by atoms with van der Waals surface area (Å²) in [6.07, 6.45) is 2.01. The number of likely N-dealkylation sites (N-methyl/N-ethyl adjacent to an activating group) is 1. The summed E-state index contributed by atoms with van der Waals surface area (Å²) in [4.78, 5) is 19.4. The molecule has 0 bridgehead atoms. The predicted octanol–water partition coefficient (Wildman–Crippen LogP) is 4.97. The molecule has 3 aliphatic rings. The summed E-state index contributed by atoms with van der Waals surface area (Å²) in [6.45, 7) is -10.6. The number of amides is 1. The van der Waals surface area contributed by atoms with Crippen LogP contribution in [0.1, 0.15) is 62.0 Å². The molecule has 0 aliphatic carbocycles. The number of carbonyl (C=O) groups is 1. The molecule has 0 radical (unpaired) electrons. The summed E-state index contributed by atoms with van der Waals surface area (Å²) in [6, 6.07) is 13.0. The van der Waals surface area contributed by atoms with E-state index in [0.29, 0.717) is 71.3 Å². The Kier molecular flexibility index (Phi) is 5.75. The fraction of sp³-hybridized carbons (Fsp3) is 0.394. The van der Waals surface area contributed by atoms with E-state index < -0.39 is 43.5 Å². The van der Waals surface area contributed by atoms with Gasteiger partial charge in [-0.1, -0.05) is 12.1 Å². The van der Waals surface area contributed by atoms with Gasteiger partial charge in [0.15, 0.2) is 0 Å². The van der Waals surface area contributed by atoms with Crippen LogP contribution in [0.4, 0.5) is 14.5 Å². The maximum Gasteiger partial charge on any atom is 0.257 e. The Balaban J connectivity index is 1.33. The van der Waals surface area contributed by atoms with Gasteiger partial charge in [0.05, 0.1) is 12.0 Å². The van der Waals surface area contributed by atoms with E-state index in [-0.39, 0.29) is 23.6 Å². The molecule has 2 saturated heterocycles. The number of hydrogen-bond donors (Lipinski definition) is 1. The van der Waals surface area contributed by atoms with Gasteiger partial charge in [0.2, 0.25) is 0 Å². The lowest BCUT2D eigenvalue weighted by Gasteiger charge is -2.34. The minimum atomic E-state index is -3.02. The van der Waals surface area contributed by atoms with Gasteiger partial charge in [-0.2, -0.15) is 0 Å². The SMILES string of the molecule is [2H]C1([2H])N(C)C([2H])([2H])C([2H])([2H])N(c2ccc(C(=O)NC3=NCc4ccc(Cc5cc(F)cc(F)c5)cc43)c(CC3CCOCC3)c2)C1([2H])[2H]. The first-order valence-electron chi connectivity index (χ1n) is 17.6. The van der Waals surface area contributed by atoms with Gasteiger partial charge in [-0.05, 0) is 97.3 Å². The van der Waals surface area contributed by atoms with Crippen molar-refractivity contribution in [2.45, 2.75) is 32.2 Å². The van der Waals surface area contributed by atoms with Crippen molar-refractivity contribution in [3.63, 3.8) is 0 Å². The fourth-order valence-corrected chi connectivity index (χ4v) is 5.38. The smallest absolute Gasteiger partial charge is 0.257 e. The Hall–Kier alpha value is -3.62. The number of piperazine rings is 1. The van der Waals surface area contributed by atoms with Crippen LogP contribution >= 0.6 is 0 Å². The van der Waals surface area contributed by atoms with Crippen LogP contribution in [0.25, 0.3) is 0 Å². The molecule has 0 aromatic heterocycles. The number of nitrogens with zero attached hydrogens (tertiary/aromatic N) is 3. The predicted molar refractivity (Wildman–Crippen MR) is 157 cm³/mol. The summed E-state index contributed by atoms with van der Waals surface area (Å²) >= 11 is 0. The number of carbonyl (C=O) groups excluding carboxylic acids is 1. The number of fused-ring (bicyclic) bond motifs is 1. The molecular formula is C33H36F2N4O2. The van der Waals surface area contributed by atoms with E-state index in [0.717, 1.165) is 24.2 Å². The largest absolute Gasteiger partial charge is 0.381 e. The number of nitrogens with one attached hydrogen (secondary N) is 1. The molecule has 3 aliphatic heterocycles. The van der Waals surface area contributed by atoms with Crippen molar-refractivity contribution in [3.8, 4) is 0 Å². The van der Waals surface area contributed by atoms with Gasteiger partial charge >= 0.3 is 0 Å². The van der Waals surface area contributed by atoms with Crippen molar-refractivity contribution < 1.29 is 29.3 Å². The molecule has 0 unspecified atom stereocenters. The summed E-state index contributed by atoms with van der Waals surface area (Å²) < 4.78 is 102. The number of benzene rings is 3. The zero-order valence-corrected chi connectivity index (χ0v) is 22.6. The number of amidine groups is 1. The van der Waals surface area contributed by atoms with Crippen molar-refractivity contribution in [2.24, 2.45) is 10.9 Å². The van der Waals surface area contributed by atoms with Crippen molar-refractivity contribution in [1.29, 1.82) is 0 Å². The standard InChI is InChI=1S/C33H36F2N4O2/c1-38-8-10-39(11-9-38)29-4-5-30(26(19-29)15-22-6-12-41-13-7-22)33(40)37-32-31-18-23(2-3-25(31)21-36-32)14-24-16-27(34)20-28(35)17-24/h2-5,16-20,22H,6-15,21H2,1H3,(H,36,37,40)/i8D2,9D2,10D2,11D2. The van der Waals surface area contributed by atoms with Crippen LogP contribution in [0.2, 0.25) is 0 Å². The molecule has 3 heterocycles. The number of aliphatic imine (C=N–C) groups is 1. The molecule has 6 rings (SSSR count). The maximum absolute atomic E-state index is 13.9. The number of anilines is 1. The van der Waals surface area contributed by atoms with E-state index in [1.807, 2.05) is 18.2 Å². The van der Waals surface area contributed by atoms with Gasteiger partial charge in [-0.25, -0.2) is 8.78 Å². The van der Waals surface area contributed by atoms with E-state index in [1.165, 1.54) is 30.3 Å². The molecule has 3 aromatic rings. The van der Waals surface area contributed by atoms with E-state index >= 15 is 0 Å². The highest BCUT2D eigenvalue weighted by atomic mass is 19.1. The molecular weight excluding hydrogens is 522 g/mol. The van der Waals surface area contributed by atoms with Crippen LogP contribution in [-0.2, 0) is 24.1 Å². The molecule has 1 amide bonds. The number of hydrogen-bond acceptors (Lipinski definition) is 5. The van der Waals surface area contributed by atoms with E-state index in [1.54, 1.807) is 0 Å². The van der Waals surface area contributed by atoms with Crippen molar-refractivity contribution >= 4 is 17.4 Å². The Morgan fingerprint density at radius 2 is 1.76 bits per heavy atom. The van der Waals surface area contributed by atoms with Crippen LogP contribution in [-0.4, -0.2) is 62.9 Å². The minimum absolute atomic E-state index is 0.0919. The first-order chi connectivity index (χ1) is 22.9. The second kappa shape index (κ2) is 12.1. The van der Waals surface area contributed by atoms with Crippen LogP contribution < -0.4 is 10.2 Å². The third-order valence-corrected chi connectivity index (χ3v) is 7.50. The molecule has 2 fully saturated rings. The molecule has 214 valence electrons. The second-order valence-electron chi connectivity index (χ2n) is 10.5. The topological polar surface area (TPSA) is 57.2 Å².